The molecule has 1 saturated carbocycles. The zero-order valence-corrected chi connectivity index (χ0v) is 13.6. The third-order valence-electron chi connectivity index (χ3n) is 3.86. The summed E-state index contributed by atoms with van der Waals surface area (Å²) in [4.78, 5) is 4.43. The molecule has 0 aromatic carbocycles. The van der Waals surface area contributed by atoms with E-state index in [-0.39, 0.29) is 10.9 Å². The van der Waals surface area contributed by atoms with Crippen LogP contribution in [0.5, 0.6) is 0 Å². The van der Waals surface area contributed by atoms with Crippen molar-refractivity contribution in [3.63, 3.8) is 0 Å². The summed E-state index contributed by atoms with van der Waals surface area (Å²) >= 11 is 0. The summed E-state index contributed by atoms with van der Waals surface area (Å²) in [6.07, 6.45) is 6.64. The molecule has 21 heavy (non-hydrogen) atoms. The maximum Gasteiger partial charge on any atom is 0.241 e. The van der Waals surface area contributed by atoms with E-state index in [1.54, 1.807) is 12.1 Å². The van der Waals surface area contributed by atoms with Crippen molar-refractivity contribution >= 4 is 15.8 Å². The molecule has 5 nitrogen and oxygen atoms in total. The molecule has 1 aliphatic rings. The number of pyridine rings is 1. The van der Waals surface area contributed by atoms with Crippen LogP contribution < -0.4 is 10.0 Å². The van der Waals surface area contributed by atoms with Crippen molar-refractivity contribution in [2.45, 2.75) is 56.9 Å². The number of nitrogens with zero attached hydrogens (tertiary/aromatic N) is 1. The Morgan fingerprint density at radius 2 is 2.19 bits per heavy atom. The second-order valence-corrected chi connectivity index (χ2v) is 7.61. The molecule has 118 valence electrons. The van der Waals surface area contributed by atoms with Gasteiger partial charge in [0.05, 0.1) is 4.90 Å². The predicted octanol–water partition coefficient (Wildman–Crippen LogP) is 2.76. The standard InChI is InChI=1S/C15H25N3O2S/c1-3-8-16-15-11-14(7-9-17-15)21(19,20)18-13-6-4-5-12(2)10-13/h7,9,11-13,18H,3-6,8,10H2,1-2H3,(H,16,17). The van der Waals surface area contributed by atoms with Crippen LogP contribution in [0.15, 0.2) is 23.2 Å². The van der Waals surface area contributed by atoms with Crippen LogP contribution in [0.25, 0.3) is 0 Å². The van der Waals surface area contributed by atoms with Gasteiger partial charge in [0.15, 0.2) is 0 Å². The highest BCUT2D eigenvalue weighted by molar-refractivity contribution is 7.89. The van der Waals surface area contributed by atoms with Gasteiger partial charge in [-0.25, -0.2) is 18.1 Å². The molecule has 2 rings (SSSR count). The lowest BCUT2D eigenvalue weighted by Gasteiger charge is -2.27. The van der Waals surface area contributed by atoms with Gasteiger partial charge in [0.2, 0.25) is 10.0 Å². The molecule has 1 aromatic rings. The molecule has 0 spiro atoms. The number of anilines is 1. The van der Waals surface area contributed by atoms with Gasteiger partial charge in [0, 0.05) is 24.8 Å². The minimum absolute atomic E-state index is 0.0546. The molecule has 2 atom stereocenters. The molecule has 1 aliphatic carbocycles. The van der Waals surface area contributed by atoms with Crippen molar-refractivity contribution in [1.29, 1.82) is 0 Å². The lowest BCUT2D eigenvalue weighted by molar-refractivity contribution is 0.327. The fourth-order valence-corrected chi connectivity index (χ4v) is 4.05. The fourth-order valence-electron chi connectivity index (χ4n) is 2.76. The minimum atomic E-state index is -3.46. The smallest absolute Gasteiger partial charge is 0.241 e. The molecule has 0 saturated heterocycles. The topological polar surface area (TPSA) is 71.1 Å². The first-order valence-electron chi connectivity index (χ1n) is 7.73. The predicted molar refractivity (Wildman–Crippen MR) is 84.8 cm³/mol. The highest BCUT2D eigenvalue weighted by atomic mass is 32.2. The molecule has 1 aromatic heterocycles. The van der Waals surface area contributed by atoms with Crippen molar-refractivity contribution in [3.05, 3.63) is 18.3 Å². The summed E-state index contributed by atoms with van der Waals surface area (Å²) in [6, 6.07) is 3.20. The van der Waals surface area contributed by atoms with Crippen LogP contribution >= 0.6 is 0 Å². The first-order valence-corrected chi connectivity index (χ1v) is 9.22. The maximum atomic E-state index is 12.5. The minimum Gasteiger partial charge on any atom is -0.370 e. The Hall–Kier alpha value is -1.14. The Morgan fingerprint density at radius 1 is 1.38 bits per heavy atom. The lowest BCUT2D eigenvalue weighted by atomic mass is 9.88. The van der Waals surface area contributed by atoms with Crippen LogP contribution in [0.1, 0.15) is 46.0 Å². The number of rotatable bonds is 6. The normalized spacial score (nSPS) is 23.0. The Balaban J connectivity index is 2.08. The Bertz CT molecular complexity index is 560. The number of sulfonamides is 1. The largest absolute Gasteiger partial charge is 0.370 e. The van der Waals surface area contributed by atoms with Crippen LogP contribution in [0, 0.1) is 5.92 Å². The molecule has 0 aliphatic heterocycles. The second-order valence-electron chi connectivity index (χ2n) is 5.89. The molecular weight excluding hydrogens is 286 g/mol. The molecule has 2 N–H and O–H groups in total. The van der Waals surface area contributed by atoms with E-state index in [0.29, 0.717) is 11.7 Å². The van der Waals surface area contributed by atoms with E-state index in [1.807, 2.05) is 0 Å². The van der Waals surface area contributed by atoms with Crippen LogP contribution in [-0.4, -0.2) is 26.0 Å². The van der Waals surface area contributed by atoms with Crippen LogP contribution in [-0.2, 0) is 10.0 Å². The third-order valence-corrected chi connectivity index (χ3v) is 5.37. The van der Waals surface area contributed by atoms with Gasteiger partial charge in [-0.2, -0.15) is 0 Å². The number of nitrogens with one attached hydrogen (secondary N) is 2. The molecule has 0 amide bonds. The quantitative estimate of drug-likeness (QED) is 0.847. The van der Waals surface area contributed by atoms with Gasteiger partial charge in [0.25, 0.3) is 0 Å². The molecule has 0 bridgehead atoms. The van der Waals surface area contributed by atoms with E-state index in [9.17, 15) is 8.42 Å². The van der Waals surface area contributed by atoms with Gasteiger partial charge in [-0.05, 0) is 31.2 Å². The molecule has 1 fully saturated rings. The Kier molecular flexibility index (Phi) is 5.58. The molecule has 0 radical (unpaired) electrons. The SMILES string of the molecule is CCCNc1cc(S(=O)(=O)NC2CCCC(C)C2)ccn1. The number of hydrogen-bond donors (Lipinski definition) is 2. The third kappa shape index (κ3) is 4.68. The number of hydrogen-bond acceptors (Lipinski definition) is 4. The van der Waals surface area contributed by atoms with Crippen molar-refractivity contribution in [2.24, 2.45) is 5.92 Å². The summed E-state index contributed by atoms with van der Waals surface area (Å²) in [6.45, 7) is 5.02. The van der Waals surface area contributed by atoms with E-state index in [2.05, 4.69) is 28.9 Å². The monoisotopic (exact) mass is 311 g/mol. The van der Waals surface area contributed by atoms with Crippen LogP contribution in [0.2, 0.25) is 0 Å². The summed E-state index contributed by atoms with van der Waals surface area (Å²) in [5.74, 6) is 1.20. The highest BCUT2D eigenvalue weighted by Gasteiger charge is 2.24. The van der Waals surface area contributed by atoms with E-state index in [0.717, 1.165) is 32.2 Å². The maximum absolute atomic E-state index is 12.5. The van der Waals surface area contributed by atoms with Gasteiger partial charge >= 0.3 is 0 Å². The fraction of sp³-hybridized carbons (Fsp3) is 0.667. The molecule has 6 heteroatoms. The van der Waals surface area contributed by atoms with Gasteiger partial charge in [-0.1, -0.05) is 26.7 Å². The Labute approximate surface area is 127 Å². The van der Waals surface area contributed by atoms with Gasteiger partial charge < -0.3 is 5.32 Å². The average Bonchev–Trinajstić information content (AvgIpc) is 2.45. The lowest BCUT2D eigenvalue weighted by Crippen LogP contribution is -2.37. The van der Waals surface area contributed by atoms with E-state index in [4.69, 9.17) is 0 Å². The van der Waals surface area contributed by atoms with E-state index < -0.39 is 10.0 Å². The summed E-state index contributed by atoms with van der Waals surface area (Å²) < 4.78 is 27.8. The van der Waals surface area contributed by atoms with Crippen LogP contribution in [0.3, 0.4) is 0 Å². The van der Waals surface area contributed by atoms with Crippen molar-refractivity contribution in [2.75, 3.05) is 11.9 Å². The summed E-state index contributed by atoms with van der Waals surface area (Å²) in [5.41, 5.74) is 0. The summed E-state index contributed by atoms with van der Waals surface area (Å²) in [5, 5.41) is 3.11. The van der Waals surface area contributed by atoms with E-state index >= 15 is 0 Å². The van der Waals surface area contributed by atoms with Crippen molar-refractivity contribution < 1.29 is 8.42 Å². The second kappa shape index (κ2) is 7.22. The molecule has 2 unspecified atom stereocenters. The zero-order valence-electron chi connectivity index (χ0n) is 12.8. The Morgan fingerprint density at radius 3 is 2.90 bits per heavy atom. The van der Waals surface area contributed by atoms with Gasteiger partial charge in [-0.3, -0.25) is 0 Å². The average molecular weight is 311 g/mol. The van der Waals surface area contributed by atoms with Crippen molar-refractivity contribution in [1.82, 2.24) is 9.71 Å². The molecule has 1 heterocycles. The summed E-state index contributed by atoms with van der Waals surface area (Å²) in [7, 11) is -3.46. The first kappa shape index (κ1) is 16.2. The zero-order chi connectivity index (χ0) is 15.3. The molecular formula is C15H25N3O2S. The van der Waals surface area contributed by atoms with E-state index in [1.165, 1.54) is 12.6 Å². The van der Waals surface area contributed by atoms with Gasteiger partial charge in [-0.15, -0.1) is 0 Å². The van der Waals surface area contributed by atoms with Gasteiger partial charge in [0.1, 0.15) is 5.82 Å². The number of aromatic nitrogens is 1. The first-order chi connectivity index (χ1) is 10.0. The van der Waals surface area contributed by atoms with Crippen LogP contribution in [0.4, 0.5) is 5.82 Å². The highest BCUT2D eigenvalue weighted by Crippen LogP contribution is 2.25. The van der Waals surface area contributed by atoms with Crippen molar-refractivity contribution in [3.8, 4) is 0 Å².